The van der Waals surface area contributed by atoms with Crippen LogP contribution in [0.3, 0.4) is 0 Å². The maximum absolute atomic E-state index is 13.4. The average molecular weight is 558 g/mol. The first-order valence-corrected chi connectivity index (χ1v) is 14.3. The molecule has 1 aromatic heterocycles. The van der Waals surface area contributed by atoms with Gasteiger partial charge in [-0.1, -0.05) is 60.7 Å². The highest BCUT2D eigenvalue weighted by molar-refractivity contribution is 7.14. The molecule has 1 aliphatic heterocycles. The summed E-state index contributed by atoms with van der Waals surface area (Å²) in [6.07, 6.45) is 0.799. The lowest BCUT2D eigenvalue weighted by Crippen LogP contribution is -2.51. The van der Waals surface area contributed by atoms with Crippen molar-refractivity contribution in [1.29, 1.82) is 0 Å². The van der Waals surface area contributed by atoms with E-state index in [2.05, 4.69) is 27.3 Å². The van der Waals surface area contributed by atoms with Gasteiger partial charge in [-0.15, -0.1) is 11.3 Å². The van der Waals surface area contributed by atoms with E-state index in [4.69, 9.17) is 0 Å². The highest BCUT2D eigenvalue weighted by Crippen LogP contribution is 2.22. The summed E-state index contributed by atoms with van der Waals surface area (Å²) in [4.78, 5) is 36.8. The zero-order chi connectivity index (χ0) is 27.7. The molecule has 1 N–H and O–H groups in total. The summed E-state index contributed by atoms with van der Waals surface area (Å²) in [6.45, 7) is 3.87. The molecule has 2 amide bonds. The number of hydrogen-bond donors (Lipinski definition) is 1. The standard InChI is InChI=1S/C31H32FN5O2S/c32-26-11-13-27(14-12-26)33-31-34-28(23-40-31)30(39)36-19-17-35(18-20-36)22-29(38)37(21-25-9-5-2-6-10-25)16-15-24-7-3-1-4-8-24/h1-14,23H,15-22H2,(H,33,34). The number of aromatic nitrogens is 1. The number of hydrogen-bond acceptors (Lipinski definition) is 6. The van der Waals surface area contributed by atoms with E-state index >= 15 is 0 Å². The Balaban J connectivity index is 1.13. The Morgan fingerprint density at radius 2 is 1.52 bits per heavy atom. The SMILES string of the molecule is O=C(CN1CCN(C(=O)c2csc(Nc3ccc(F)cc3)n2)CC1)N(CCc1ccccc1)Cc1ccccc1. The van der Waals surface area contributed by atoms with E-state index in [9.17, 15) is 14.0 Å². The fourth-order valence-corrected chi connectivity index (χ4v) is 5.36. The van der Waals surface area contributed by atoms with Crippen molar-refractivity contribution < 1.29 is 14.0 Å². The number of halogens is 1. The lowest BCUT2D eigenvalue weighted by atomic mass is 10.1. The number of nitrogens with zero attached hydrogens (tertiary/aromatic N) is 4. The molecule has 0 spiro atoms. The maximum Gasteiger partial charge on any atom is 0.273 e. The van der Waals surface area contributed by atoms with Gasteiger partial charge in [-0.2, -0.15) is 0 Å². The van der Waals surface area contributed by atoms with E-state index in [0.29, 0.717) is 62.3 Å². The van der Waals surface area contributed by atoms with Crippen LogP contribution >= 0.6 is 11.3 Å². The molecule has 5 rings (SSSR count). The molecule has 0 atom stereocenters. The first kappa shape index (κ1) is 27.5. The summed E-state index contributed by atoms with van der Waals surface area (Å²) >= 11 is 1.33. The number of carbonyl (C=O) groups excluding carboxylic acids is 2. The van der Waals surface area contributed by atoms with Gasteiger partial charge in [-0.05, 0) is 41.8 Å². The van der Waals surface area contributed by atoms with Gasteiger partial charge in [-0.25, -0.2) is 9.37 Å². The van der Waals surface area contributed by atoms with Crippen LogP contribution in [0.4, 0.5) is 15.2 Å². The van der Waals surface area contributed by atoms with Crippen molar-refractivity contribution in [3.63, 3.8) is 0 Å². The Morgan fingerprint density at radius 1 is 0.875 bits per heavy atom. The van der Waals surface area contributed by atoms with Crippen LogP contribution < -0.4 is 5.32 Å². The lowest BCUT2D eigenvalue weighted by Gasteiger charge is -2.35. The lowest BCUT2D eigenvalue weighted by molar-refractivity contribution is -0.133. The summed E-state index contributed by atoms with van der Waals surface area (Å²) < 4.78 is 13.2. The fourth-order valence-electron chi connectivity index (χ4n) is 4.65. The number of rotatable bonds is 10. The van der Waals surface area contributed by atoms with Crippen molar-refractivity contribution >= 4 is 34.0 Å². The maximum atomic E-state index is 13.4. The second-order valence-corrected chi connectivity index (χ2v) is 10.6. The number of amides is 2. The molecule has 9 heteroatoms. The zero-order valence-corrected chi connectivity index (χ0v) is 23.0. The van der Waals surface area contributed by atoms with Crippen LogP contribution in [0.5, 0.6) is 0 Å². The van der Waals surface area contributed by atoms with Gasteiger partial charge < -0.3 is 15.1 Å². The summed E-state index contributed by atoms with van der Waals surface area (Å²) in [6, 6.07) is 26.3. The largest absolute Gasteiger partial charge is 0.337 e. The number of thiazole rings is 1. The molecule has 1 saturated heterocycles. The molecule has 0 saturated carbocycles. The van der Waals surface area contributed by atoms with Gasteiger partial charge in [0.05, 0.1) is 6.54 Å². The van der Waals surface area contributed by atoms with Gasteiger partial charge in [0.1, 0.15) is 11.5 Å². The van der Waals surface area contributed by atoms with Gasteiger partial charge in [0.15, 0.2) is 5.13 Å². The summed E-state index contributed by atoms with van der Waals surface area (Å²) in [5.74, 6) is -0.337. The van der Waals surface area contributed by atoms with E-state index in [1.165, 1.54) is 29.0 Å². The number of piperazine rings is 1. The average Bonchev–Trinajstić information content (AvgIpc) is 3.46. The first-order chi connectivity index (χ1) is 19.5. The second-order valence-electron chi connectivity index (χ2n) is 9.77. The van der Waals surface area contributed by atoms with Crippen LogP contribution in [-0.2, 0) is 17.8 Å². The summed E-state index contributed by atoms with van der Waals surface area (Å²) in [5, 5.41) is 5.42. The minimum atomic E-state index is -0.308. The van der Waals surface area contributed by atoms with Gasteiger partial charge >= 0.3 is 0 Å². The smallest absolute Gasteiger partial charge is 0.273 e. The minimum absolute atomic E-state index is 0.0931. The van der Waals surface area contributed by atoms with Crippen molar-refractivity contribution in [2.75, 3.05) is 44.6 Å². The molecule has 0 aliphatic carbocycles. The van der Waals surface area contributed by atoms with Crippen LogP contribution in [0, 0.1) is 5.82 Å². The van der Waals surface area contributed by atoms with Gasteiger partial charge in [0, 0.05) is 50.3 Å². The van der Waals surface area contributed by atoms with Crippen LogP contribution in [0.15, 0.2) is 90.3 Å². The van der Waals surface area contributed by atoms with Crippen LogP contribution in [-0.4, -0.2) is 70.8 Å². The molecule has 1 aliphatic rings. The normalized spacial score (nSPS) is 13.7. The van der Waals surface area contributed by atoms with Crippen molar-refractivity contribution in [1.82, 2.24) is 19.7 Å². The number of anilines is 2. The highest BCUT2D eigenvalue weighted by atomic mass is 32.1. The van der Waals surface area contributed by atoms with Crippen molar-refractivity contribution in [3.8, 4) is 0 Å². The van der Waals surface area contributed by atoms with E-state index < -0.39 is 0 Å². The fraction of sp³-hybridized carbons (Fsp3) is 0.258. The van der Waals surface area contributed by atoms with Crippen LogP contribution in [0.25, 0.3) is 0 Å². The molecular weight excluding hydrogens is 525 g/mol. The van der Waals surface area contributed by atoms with Crippen molar-refractivity contribution in [2.24, 2.45) is 0 Å². The van der Waals surface area contributed by atoms with Gasteiger partial charge in [-0.3, -0.25) is 14.5 Å². The second kappa shape index (κ2) is 13.3. The molecule has 40 heavy (non-hydrogen) atoms. The Bertz CT molecular complexity index is 1390. The third-order valence-corrected chi connectivity index (χ3v) is 7.68. The Morgan fingerprint density at radius 3 is 2.20 bits per heavy atom. The first-order valence-electron chi connectivity index (χ1n) is 13.4. The minimum Gasteiger partial charge on any atom is -0.337 e. The summed E-state index contributed by atoms with van der Waals surface area (Å²) in [7, 11) is 0. The van der Waals surface area contributed by atoms with Crippen LogP contribution in [0.2, 0.25) is 0 Å². The molecule has 0 unspecified atom stereocenters. The van der Waals surface area contributed by atoms with E-state index in [1.807, 2.05) is 53.4 Å². The molecule has 0 bridgehead atoms. The predicted molar refractivity (Wildman–Crippen MR) is 156 cm³/mol. The number of carbonyl (C=O) groups is 2. The predicted octanol–water partition coefficient (Wildman–Crippen LogP) is 5.06. The van der Waals surface area contributed by atoms with Gasteiger partial charge in [0.25, 0.3) is 5.91 Å². The molecule has 7 nitrogen and oxygen atoms in total. The molecule has 3 aromatic carbocycles. The Hall–Kier alpha value is -4.08. The van der Waals surface area contributed by atoms with Crippen molar-refractivity contribution in [2.45, 2.75) is 13.0 Å². The molecule has 1 fully saturated rings. The molecule has 206 valence electrons. The monoisotopic (exact) mass is 557 g/mol. The van der Waals surface area contributed by atoms with E-state index in [0.717, 1.165) is 12.0 Å². The third kappa shape index (κ3) is 7.52. The Labute approximate surface area is 237 Å². The Kier molecular flexibility index (Phi) is 9.15. The quantitative estimate of drug-likeness (QED) is 0.295. The molecule has 0 radical (unpaired) electrons. The topological polar surface area (TPSA) is 68.8 Å². The van der Waals surface area contributed by atoms with E-state index in [1.54, 1.807) is 22.4 Å². The van der Waals surface area contributed by atoms with Crippen molar-refractivity contribution in [3.05, 3.63) is 113 Å². The number of nitrogens with one attached hydrogen (secondary N) is 1. The molecule has 4 aromatic rings. The number of benzene rings is 3. The van der Waals surface area contributed by atoms with E-state index in [-0.39, 0.29) is 17.6 Å². The third-order valence-electron chi connectivity index (χ3n) is 6.92. The summed E-state index contributed by atoms with van der Waals surface area (Å²) in [5.41, 5.74) is 3.40. The van der Waals surface area contributed by atoms with Gasteiger partial charge in [0.2, 0.25) is 5.91 Å². The van der Waals surface area contributed by atoms with Crippen LogP contribution in [0.1, 0.15) is 21.6 Å². The zero-order valence-electron chi connectivity index (χ0n) is 22.2. The molecular formula is C31H32FN5O2S. The molecule has 2 heterocycles. The highest BCUT2D eigenvalue weighted by Gasteiger charge is 2.26.